The number of nitrogens with two attached hydrogens (primary N) is 1. The first-order valence-electron chi connectivity index (χ1n) is 5.27. The molecule has 0 aliphatic rings. The number of hydrogen-bond acceptors (Lipinski definition) is 5. The van der Waals surface area contributed by atoms with E-state index in [1.54, 1.807) is 0 Å². The Hall–Kier alpha value is -1.74. The summed E-state index contributed by atoms with van der Waals surface area (Å²) in [4.78, 5) is 9.92. The summed E-state index contributed by atoms with van der Waals surface area (Å²) in [6, 6.07) is 3.31. The minimum Gasteiger partial charge on any atom is -0.484 e. The normalized spacial score (nSPS) is 13.0. The molecular formula is C10H13FN2O5S. The van der Waals surface area contributed by atoms with Crippen molar-refractivity contribution in [1.29, 1.82) is 0 Å². The maximum atomic E-state index is 13.4. The van der Waals surface area contributed by atoms with Crippen LogP contribution in [0.4, 0.5) is 10.1 Å². The molecule has 1 unspecified atom stereocenters. The summed E-state index contributed by atoms with van der Waals surface area (Å²) in [6.07, 6.45) is 0. The van der Waals surface area contributed by atoms with E-state index in [4.69, 9.17) is 9.88 Å². The van der Waals surface area contributed by atoms with E-state index in [-0.39, 0.29) is 12.4 Å². The molecule has 2 N–H and O–H groups in total. The van der Waals surface area contributed by atoms with Crippen LogP contribution in [-0.2, 0) is 10.0 Å². The van der Waals surface area contributed by atoms with Crippen LogP contribution in [0.1, 0.15) is 6.92 Å². The molecule has 0 aliphatic carbocycles. The summed E-state index contributed by atoms with van der Waals surface area (Å²) in [5, 5.41) is 15.5. The minimum atomic E-state index is -3.67. The fourth-order valence-corrected chi connectivity index (χ4v) is 2.34. The highest BCUT2D eigenvalue weighted by molar-refractivity contribution is 7.89. The SMILES string of the molecule is CC(COc1c(F)cccc1[N+](=O)[O-])CS(N)(=O)=O. The highest BCUT2D eigenvalue weighted by Crippen LogP contribution is 2.29. The van der Waals surface area contributed by atoms with Crippen molar-refractivity contribution in [3.63, 3.8) is 0 Å². The first kappa shape index (κ1) is 15.3. The molecule has 0 saturated carbocycles. The molecule has 19 heavy (non-hydrogen) atoms. The van der Waals surface area contributed by atoms with Crippen molar-refractivity contribution < 1.29 is 22.5 Å². The zero-order chi connectivity index (χ0) is 14.6. The van der Waals surface area contributed by atoms with Gasteiger partial charge in [-0.3, -0.25) is 10.1 Å². The Morgan fingerprint density at radius 3 is 2.68 bits per heavy atom. The van der Waals surface area contributed by atoms with Gasteiger partial charge in [-0.05, 0) is 6.07 Å². The standard InChI is InChI=1S/C10H13FN2O5S/c1-7(6-19(12,16)17)5-18-10-8(11)3-2-4-9(10)13(14)15/h2-4,7H,5-6H2,1H3,(H2,12,16,17). The van der Waals surface area contributed by atoms with E-state index in [1.165, 1.54) is 13.0 Å². The molecule has 9 heteroatoms. The van der Waals surface area contributed by atoms with Crippen LogP contribution in [0.2, 0.25) is 0 Å². The van der Waals surface area contributed by atoms with Gasteiger partial charge in [0, 0.05) is 12.0 Å². The third-order valence-corrected chi connectivity index (χ3v) is 3.21. The number of nitro benzene ring substituents is 1. The fraction of sp³-hybridized carbons (Fsp3) is 0.400. The molecule has 0 saturated heterocycles. The average molecular weight is 292 g/mol. The predicted molar refractivity (Wildman–Crippen MR) is 65.7 cm³/mol. The van der Waals surface area contributed by atoms with Gasteiger partial charge in [0.1, 0.15) is 0 Å². The van der Waals surface area contributed by atoms with Crippen molar-refractivity contribution in [2.75, 3.05) is 12.4 Å². The molecule has 0 spiro atoms. The van der Waals surface area contributed by atoms with Crippen LogP contribution in [0.25, 0.3) is 0 Å². The van der Waals surface area contributed by atoms with Crippen LogP contribution in [0.15, 0.2) is 18.2 Å². The lowest BCUT2D eigenvalue weighted by Crippen LogP contribution is -2.25. The molecule has 1 atom stereocenters. The predicted octanol–water partition coefficient (Wildman–Crippen LogP) is 1.04. The summed E-state index contributed by atoms with van der Waals surface area (Å²) in [5.41, 5.74) is -0.511. The number of hydrogen-bond donors (Lipinski definition) is 1. The molecule has 0 aliphatic heterocycles. The number of benzene rings is 1. The maximum Gasteiger partial charge on any atom is 0.314 e. The van der Waals surface area contributed by atoms with Gasteiger partial charge in [0.05, 0.1) is 17.3 Å². The van der Waals surface area contributed by atoms with Gasteiger partial charge in [-0.2, -0.15) is 0 Å². The van der Waals surface area contributed by atoms with Crippen LogP contribution in [0.5, 0.6) is 5.75 Å². The molecule has 106 valence electrons. The quantitative estimate of drug-likeness (QED) is 0.621. The van der Waals surface area contributed by atoms with Gasteiger partial charge in [0.15, 0.2) is 5.82 Å². The Labute approximate surface area is 109 Å². The Morgan fingerprint density at radius 2 is 2.16 bits per heavy atom. The fourth-order valence-electron chi connectivity index (χ4n) is 1.45. The van der Waals surface area contributed by atoms with Gasteiger partial charge >= 0.3 is 5.69 Å². The summed E-state index contributed by atoms with van der Waals surface area (Å²) in [5.74, 6) is -2.25. The lowest BCUT2D eigenvalue weighted by Gasteiger charge is -2.12. The van der Waals surface area contributed by atoms with Crippen LogP contribution < -0.4 is 9.88 Å². The van der Waals surface area contributed by atoms with E-state index in [0.717, 1.165) is 12.1 Å². The van der Waals surface area contributed by atoms with Gasteiger partial charge in [-0.25, -0.2) is 17.9 Å². The van der Waals surface area contributed by atoms with Gasteiger partial charge in [-0.1, -0.05) is 13.0 Å². The Balaban J connectivity index is 2.80. The number of halogens is 1. The Morgan fingerprint density at radius 1 is 1.53 bits per heavy atom. The van der Waals surface area contributed by atoms with Crippen molar-refractivity contribution in [2.45, 2.75) is 6.92 Å². The third-order valence-electron chi connectivity index (χ3n) is 2.17. The van der Waals surface area contributed by atoms with Gasteiger partial charge in [-0.15, -0.1) is 0 Å². The molecule has 0 fully saturated rings. The highest BCUT2D eigenvalue weighted by Gasteiger charge is 2.21. The zero-order valence-corrected chi connectivity index (χ0v) is 10.9. The minimum absolute atomic E-state index is 0.196. The van der Waals surface area contributed by atoms with Gasteiger partial charge in [0.25, 0.3) is 0 Å². The third kappa shape index (κ3) is 4.79. The van der Waals surface area contributed by atoms with E-state index in [2.05, 4.69) is 0 Å². The average Bonchev–Trinajstić information content (AvgIpc) is 2.24. The Bertz CT molecular complexity index is 575. The molecular weight excluding hydrogens is 279 g/mol. The largest absolute Gasteiger partial charge is 0.484 e. The molecule has 0 aromatic heterocycles. The number of primary sulfonamides is 1. The van der Waals surface area contributed by atoms with Crippen molar-refractivity contribution in [2.24, 2.45) is 11.1 Å². The zero-order valence-electron chi connectivity index (χ0n) is 10.1. The number of rotatable bonds is 6. The van der Waals surface area contributed by atoms with E-state index >= 15 is 0 Å². The van der Waals surface area contributed by atoms with Crippen LogP contribution in [0, 0.1) is 21.8 Å². The first-order chi connectivity index (χ1) is 8.70. The number of ether oxygens (including phenoxy) is 1. The monoisotopic (exact) mass is 292 g/mol. The maximum absolute atomic E-state index is 13.4. The molecule has 0 bridgehead atoms. The van der Waals surface area contributed by atoms with E-state index in [1.807, 2.05) is 0 Å². The number of para-hydroxylation sites is 1. The summed E-state index contributed by atoms with van der Waals surface area (Å²) < 4.78 is 40.1. The van der Waals surface area contributed by atoms with Crippen LogP contribution >= 0.6 is 0 Å². The number of nitro groups is 1. The van der Waals surface area contributed by atoms with Crippen LogP contribution in [-0.4, -0.2) is 25.7 Å². The summed E-state index contributed by atoms with van der Waals surface area (Å²) in [7, 11) is -3.67. The lowest BCUT2D eigenvalue weighted by molar-refractivity contribution is -0.386. The molecule has 1 aromatic carbocycles. The molecule has 0 radical (unpaired) electrons. The molecule has 0 amide bonds. The van der Waals surface area contributed by atoms with Crippen molar-refractivity contribution in [3.8, 4) is 5.75 Å². The van der Waals surface area contributed by atoms with Crippen molar-refractivity contribution in [3.05, 3.63) is 34.1 Å². The van der Waals surface area contributed by atoms with Crippen LogP contribution in [0.3, 0.4) is 0 Å². The second-order valence-corrected chi connectivity index (χ2v) is 5.75. The molecule has 1 aromatic rings. The summed E-state index contributed by atoms with van der Waals surface area (Å²) >= 11 is 0. The molecule has 0 heterocycles. The van der Waals surface area contributed by atoms with Crippen molar-refractivity contribution in [1.82, 2.24) is 0 Å². The van der Waals surface area contributed by atoms with E-state index in [0.29, 0.717) is 0 Å². The van der Waals surface area contributed by atoms with Gasteiger partial charge in [0.2, 0.25) is 15.8 Å². The second kappa shape index (κ2) is 5.93. The smallest absolute Gasteiger partial charge is 0.314 e. The Kier molecular flexibility index (Phi) is 4.78. The molecule has 7 nitrogen and oxygen atoms in total. The van der Waals surface area contributed by atoms with E-state index < -0.39 is 38.1 Å². The highest BCUT2D eigenvalue weighted by atomic mass is 32.2. The van der Waals surface area contributed by atoms with E-state index in [9.17, 15) is 22.9 Å². The molecule has 1 rings (SSSR count). The van der Waals surface area contributed by atoms with Crippen molar-refractivity contribution >= 4 is 15.7 Å². The number of sulfonamides is 1. The van der Waals surface area contributed by atoms with Gasteiger partial charge < -0.3 is 4.74 Å². The first-order valence-corrected chi connectivity index (χ1v) is 6.98. The second-order valence-electron chi connectivity index (χ2n) is 4.09. The lowest BCUT2D eigenvalue weighted by atomic mass is 10.2. The number of nitrogens with zero attached hydrogens (tertiary/aromatic N) is 1. The summed E-state index contributed by atoms with van der Waals surface area (Å²) in [6.45, 7) is 1.33. The topological polar surface area (TPSA) is 113 Å².